The highest BCUT2D eigenvalue weighted by Gasteiger charge is 2.38. The van der Waals surface area contributed by atoms with Crippen LogP contribution in [-0.4, -0.2) is 69.7 Å². The van der Waals surface area contributed by atoms with Crippen molar-refractivity contribution in [1.29, 1.82) is 0 Å². The van der Waals surface area contributed by atoms with Crippen molar-refractivity contribution in [3.63, 3.8) is 0 Å². The summed E-state index contributed by atoms with van der Waals surface area (Å²) in [5.41, 5.74) is 7.83. The molecule has 0 bridgehead atoms. The largest absolute Gasteiger partial charge is 0.493 e. The number of nitrogens with zero attached hydrogens (tertiary/aromatic N) is 3. The maximum atomic E-state index is 13.9. The van der Waals surface area contributed by atoms with Gasteiger partial charge in [-0.15, -0.1) is 0 Å². The number of amides is 4. The Morgan fingerprint density at radius 1 is 0.780 bits per heavy atom. The lowest BCUT2D eigenvalue weighted by Gasteiger charge is -2.22. The summed E-state index contributed by atoms with van der Waals surface area (Å²) in [6.45, 7) is 0.462. The van der Waals surface area contributed by atoms with Crippen LogP contribution in [-0.2, 0) is 35.6 Å². The number of nitrogens with one attached hydrogen (secondary N) is 3. The Morgan fingerprint density at radius 2 is 1.41 bits per heavy atom. The summed E-state index contributed by atoms with van der Waals surface area (Å²) in [6.07, 6.45) is 3.69. The van der Waals surface area contributed by atoms with Gasteiger partial charge in [-0.1, -0.05) is 36.4 Å². The standard InChI is InChI=1S/C45H40N6O8/c1-56-39-16-33-35(47-20-31-14-28-7-3-5-9-37(28)50(31)44(33)54)18-41(39)58-23-26-11-27(13-30(12-26)49-43(53)22-46-25-52)24-59-42-19-36-34(17-40(42)57-2)45(55)51-32(21-48-36)15-29-8-4-6-10-38(29)51/h3-13,16-20,25,31-32,48H,14-15,21-24H2,1-2H3,(H,46,52)(H,49,53)/t31-,32?/m0/s1. The van der Waals surface area contributed by atoms with E-state index in [9.17, 15) is 19.2 Å². The van der Waals surface area contributed by atoms with Gasteiger partial charge in [0.05, 0.1) is 55.3 Å². The highest BCUT2D eigenvalue weighted by molar-refractivity contribution is 6.15. The van der Waals surface area contributed by atoms with Crippen LogP contribution in [0.4, 0.5) is 28.4 Å². The maximum absolute atomic E-state index is 13.9. The Bertz CT molecular complexity index is 2560. The van der Waals surface area contributed by atoms with Crippen molar-refractivity contribution in [2.75, 3.05) is 47.7 Å². The molecule has 59 heavy (non-hydrogen) atoms. The summed E-state index contributed by atoms with van der Waals surface area (Å²) in [5.74, 6) is 0.835. The van der Waals surface area contributed by atoms with E-state index in [-0.39, 0.29) is 43.7 Å². The number of para-hydroxylation sites is 2. The number of fused-ring (bicyclic) bond motifs is 8. The minimum absolute atomic E-state index is 0.0279. The molecule has 4 amide bonds. The Kier molecular flexibility index (Phi) is 9.81. The van der Waals surface area contributed by atoms with Gasteiger partial charge in [0.2, 0.25) is 12.3 Å². The molecule has 5 aromatic carbocycles. The Hall–Kier alpha value is -7.35. The second-order valence-corrected chi connectivity index (χ2v) is 14.6. The lowest BCUT2D eigenvalue weighted by Crippen LogP contribution is -2.39. The van der Waals surface area contributed by atoms with Crippen molar-refractivity contribution in [2.45, 2.75) is 38.1 Å². The molecule has 3 N–H and O–H groups in total. The summed E-state index contributed by atoms with van der Waals surface area (Å²) in [5, 5.41) is 8.65. The molecule has 5 aromatic rings. The second kappa shape index (κ2) is 15.5. The molecule has 2 atom stereocenters. The van der Waals surface area contributed by atoms with Crippen molar-refractivity contribution in [3.05, 3.63) is 124 Å². The zero-order valence-electron chi connectivity index (χ0n) is 32.3. The number of carbonyl (C=O) groups is 4. The summed E-state index contributed by atoms with van der Waals surface area (Å²) >= 11 is 0. The number of aliphatic imine (C=N–C) groups is 1. The van der Waals surface area contributed by atoms with Crippen LogP contribution < -0.4 is 44.7 Å². The van der Waals surface area contributed by atoms with Gasteiger partial charge in [-0.3, -0.25) is 29.1 Å². The van der Waals surface area contributed by atoms with Crippen LogP contribution in [0.5, 0.6) is 23.0 Å². The van der Waals surface area contributed by atoms with Gasteiger partial charge in [0.15, 0.2) is 23.0 Å². The van der Waals surface area contributed by atoms with Crippen LogP contribution in [0.2, 0.25) is 0 Å². The molecule has 1 unspecified atom stereocenters. The fourth-order valence-electron chi connectivity index (χ4n) is 8.26. The van der Waals surface area contributed by atoms with E-state index in [1.165, 1.54) is 14.2 Å². The zero-order valence-corrected chi connectivity index (χ0v) is 32.3. The molecule has 4 aliphatic rings. The van der Waals surface area contributed by atoms with E-state index in [4.69, 9.17) is 23.9 Å². The maximum Gasteiger partial charge on any atom is 0.261 e. The molecule has 0 aromatic heterocycles. The molecular formula is C45H40N6O8. The molecule has 4 aliphatic heterocycles. The molecule has 0 fully saturated rings. The van der Waals surface area contributed by atoms with Crippen molar-refractivity contribution in [3.8, 4) is 23.0 Å². The molecule has 0 spiro atoms. The predicted molar refractivity (Wildman–Crippen MR) is 222 cm³/mol. The van der Waals surface area contributed by atoms with Crippen LogP contribution in [0.25, 0.3) is 0 Å². The van der Waals surface area contributed by atoms with Gasteiger partial charge in [0.1, 0.15) is 13.2 Å². The number of anilines is 4. The van der Waals surface area contributed by atoms with E-state index < -0.39 is 5.91 Å². The van der Waals surface area contributed by atoms with Crippen molar-refractivity contribution >= 4 is 58.8 Å². The molecule has 0 aliphatic carbocycles. The second-order valence-electron chi connectivity index (χ2n) is 14.6. The number of methoxy groups -OCH3 is 2. The topological polar surface area (TPSA) is 160 Å². The van der Waals surface area contributed by atoms with E-state index in [0.717, 1.165) is 28.9 Å². The van der Waals surface area contributed by atoms with E-state index in [0.29, 0.717) is 81.7 Å². The fourth-order valence-corrected chi connectivity index (χ4v) is 8.26. The smallest absolute Gasteiger partial charge is 0.261 e. The van der Waals surface area contributed by atoms with Gasteiger partial charge in [-0.05, 0) is 71.1 Å². The molecule has 0 radical (unpaired) electrons. The quantitative estimate of drug-likeness (QED) is 0.132. The lowest BCUT2D eigenvalue weighted by atomic mass is 10.1. The van der Waals surface area contributed by atoms with Gasteiger partial charge in [-0.2, -0.15) is 0 Å². The summed E-state index contributed by atoms with van der Waals surface area (Å²) in [6, 6.07) is 27.8. The minimum Gasteiger partial charge on any atom is -0.493 e. The van der Waals surface area contributed by atoms with Gasteiger partial charge < -0.3 is 39.8 Å². The summed E-state index contributed by atoms with van der Waals surface area (Å²) in [4.78, 5) is 59.7. The average molecular weight is 793 g/mol. The molecule has 298 valence electrons. The van der Waals surface area contributed by atoms with Crippen LogP contribution in [0.15, 0.2) is 96.0 Å². The fraction of sp³-hybridized carbons (Fsp3) is 0.222. The SMILES string of the molecule is COc1cc2c(cc1OCc1cc(COc3cc4c(cc3OC)C(=O)N3c5ccccc5CC3CN4)cc(NC(=O)CNC=O)c1)N=C[C@@H]1Cc3ccccc3N1C2=O. The van der Waals surface area contributed by atoms with E-state index in [1.54, 1.807) is 47.5 Å². The Labute approximate surface area is 339 Å². The molecule has 0 saturated carbocycles. The van der Waals surface area contributed by atoms with Crippen molar-refractivity contribution < 1.29 is 38.1 Å². The molecule has 4 heterocycles. The number of ether oxygens (including phenoxy) is 4. The van der Waals surface area contributed by atoms with Crippen LogP contribution in [0.1, 0.15) is 43.0 Å². The average Bonchev–Trinajstić information content (AvgIpc) is 3.75. The lowest BCUT2D eigenvalue weighted by molar-refractivity contribution is -0.118. The first-order valence-corrected chi connectivity index (χ1v) is 19.2. The van der Waals surface area contributed by atoms with Crippen LogP contribution >= 0.6 is 0 Å². The summed E-state index contributed by atoms with van der Waals surface area (Å²) < 4.78 is 24.1. The first-order chi connectivity index (χ1) is 28.8. The number of benzene rings is 5. The number of rotatable bonds is 12. The molecule has 9 rings (SSSR count). The number of hydrogen-bond donors (Lipinski definition) is 3. The van der Waals surface area contributed by atoms with Crippen LogP contribution in [0.3, 0.4) is 0 Å². The van der Waals surface area contributed by atoms with Gasteiger partial charge >= 0.3 is 0 Å². The highest BCUT2D eigenvalue weighted by atomic mass is 16.5. The summed E-state index contributed by atoms with van der Waals surface area (Å²) in [7, 11) is 3.03. The van der Waals surface area contributed by atoms with Gasteiger partial charge in [-0.25, -0.2) is 0 Å². The third kappa shape index (κ3) is 7.02. The minimum atomic E-state index is -0.425. The Balaban J connectivity index is 0.965. The monoisotopic (exact) mass is 792 g/mol. The molecule has 14 nitrogen and oxygen atoms in total. The zero-order chi connectivity index (χ0) is 40.6. The van der Waals surface area contributed by atoms with Gasteiger partial charge in [0, 0.05) is 48.4 Å². The van der Waals surface area contributed by atoms with Crippen molar-refractivity contribution in [2.24, 2.45) is 4.99 Å². The third-order valence-electron chi connectivity index (χ3n) is 11.0. The van der Waals surface area contributed by atoms with Crippen molar-refractivity contribution in [1.82, 2.24) is 5.32 Å². The molecule has 14 heteroatoms. The predicted octanol–water partition coefficient (Wildman–Crippen LogP) is 5.83. The normalized spacial score (nSPS) is 16.8. The third-order valence-corrected chi connectivity index (χ3v) is 11.0. The van der Waals surface area contributed by atoms with E-state index in [1.807, 2.05) is 53.4 Å². The number of hydrogen-bond acceptors (Lipinski definition) is 10. The highest BCUT2D eigenvalue weighted by Crippen LogP contribution is 2.43. The van der Waals surface area contributed by atoms with E-state index in [2.05, 4.69) is 22.0 Å². The first kappa shape index (κ1) is 37.2. The first-order valence-electron chi connectivity index (χ1n) is 19.2. The van der Waals surface area contributed by atoms with E-state index >= 15 is 0 Å². The number of carbonyl (C=O) groups excluding carboxylic acids is 4. The molecular weight excluding hydrogens is 753 g/mol. The van der Waals surface area contributed by atoms with Gasteiger partial charge in [0.25, 0.3) is 11.8 Å². The molecule has 0 saturated heterocycles. The van der Waals surface area contributed by atoms with Crippen LogP contribution in [0, 0.1) is 0 Å². The Morgan fingerprint density at radius 3 is 2.10 bits per heavy atom.